The van der Waals surface area contributed by atoms with E-state index in [0.717, 1.165) is 11.3 Å². The van der Waals surface area contributed by atoms with Gasteiger partial charge in [0.05, 0.1) is 35.0 Å². The minimum Gasteiger partial charge on any atom is -0.493 e. The second-order valence-corrected chi connectivity index (χ2v) is 5.49. The topological polar surface area (TPSA) is 87.9 Å². The molecule has 27 heavy (non-hydrogen) atoms. The maximum Gasteiger partial charge on any atom is 0.247 e. The van der Waals surface area contributed by atoms with E-state index in [0.29, 0.717) is 41.3 Å². The van der Waals surface area contributed by atoms with E-state index in [-0.39, 0.29) is 0 Å². The minimum atomic E-state index is 0.371. The van der Waals surface area contributed by atoms with Crippen LogP contribution in [0, 0.1) is 0 Å². The Morgan fingerprint density at radius 3 is 2.07 bits per heavy atom. The van der Waals surface area contributed by atoms with Crippen molar-refractivity contribution in [3.05, 3.63) is 42.3 Å². The summed E-state index contributed by atoms with van der Waals surface area (Å²) in [5.41, 5.74) is 1.59. The lowest BCUT2D eigenvalue weighted by atomic mass is 10.2. The van der Waals surface area contributed by atoms with Crippen molar-refractivity contribution in [3.63, 3.8) is 0 Å². The van der Waals surface area contributed by atoms with Gasteiger partial charge in [-0.3, -0.25) is 0 Å². The van der Waals surface area contributed by atoms with Crippen LogP contribution >= 0.6 is 0 Å². The third-order valence-electron chi connectivity index (χ3n) is 3.92. The highest BCUT2D eigenvalue weighted by atomic mass is 16.5. The second-order valence-electron chi connectivity index (χ2n) is 5.49. The lowest BCUT2D eigenvalue weighted by Gasteiger charge is -2.10. The highest BCUT2D eigenvalue weighted by Crippen LogP contribution is 2.32. The molecule has 0 unspecified atom stereocenters. The molecule has 0 spiro atoms. The summed E-state index contributed by atoms with van der Waals surface area (Å²) in [6, 6.07) is 11.0. The summed E-state index contributed by atoms with van der Waals surface area (Å²) in [7, 11) is 6.35. The Hall–Kier alpha value is -3.42. The van der Waals surface area contributed by atoms with Crippen molar-refractivity contribution in [1.82, 2.24) is 10.2 Å². The predicted octanol–water partition coefficient (Wildman–Crippen LogP) is 3.38. The van der Waals surface area contributed by atoms with E-state index in [1.165, 1.54) is 0 Å². The third kappa shape index (κ3) is 4.05. The summed E-state index contributed by atoms with van der Waals surface area (Å²) in [5.74, 6) is 3.39. The first-order valence-electron chi connectivity index (χ1n) is 8.19. The summed E-state index contributed by atoms with van der Waals surface area (Å²) in [5, 5.41) is 11.4. The molecule has 1 aromatic heterocycles. The molecule has 142 valence electrons. The van der Waals surface area contributed by atoms with Gasteiger partial charge in [-0.25, -0.2) is 0 Å². The number of hydrogen-bond donors (Lipinski definition) is 1. The highest BCUT2D eigenvalue weighted by molar-refractivity contribution is 5.59. The number of nitrogens with one attached hydrogen (secondary N) is 1. The van der Waals surface area contributed by atoms with E-state index in [1.54, 1.807) is 40.6 Å². The van der Waals surface area contributed by atoms with Crippen LogP contribution in [-0.4, -0.2) is 38.6 Å². The molecular formula is C19H21N3O5. The first-order chi connectivity index (χ1) is 13.2. The lowest BCUT2D eigenvalue weighted by Crippen LogP contribution is -2.00. The van der Waals surface area contributed by atoms with E-state index in [4.69, 9.17) is 23.4 Å². The quantitative estimate of drug-likeness (QED) is 0.645. The van der Waals surface area contributed by atoms with Gasteiger partial charge in [-0.2, -0.15) is 0 Å². The van der Waals surface area contributed by atoms with Crippen LogP contribution in [0.1, 0.15) is 5.89 Å². The van der Waals surface area contributed by atoms with Gasteiger partial charge in [-0.05, 0) is 30.3 Å². The Balaban J connectivity index is 1.71. The fourth-order valence-corrected chi connectivity index (χ4v) is 2.53. The van der Waals surface area contributed by atoms with Crippen molar-refractivity contribution in [1.29, 1.82) is 0 Å². The van der Waals surface area contributed by atoms with Crippen LogP contribution in [0.15, 0.2) is 40.8 Å². The Morgan fingerprint density at radius 1 is 0.778 bits per heavy atom. The monoisotopic (exact) mass is 371 g/mol. The number of rotatable bonds is 8. The number of hydrogen-bond acceptors (Lipinski definition) is 8. The molecule has 0 saturated heterocycles. The minimum absolute atomic E-state index is 0.371. The van der Waals surface area contributed by atoms with Crippen LogP contribution in [0.4, 0.5) is 5.69 Å². The molecule has 1 heterocycles. The van der Waals surface area contributed by atoms with Crippen LogP contribution in [0.25, 0.3) is 11.5 Å². The average Bonchev–Trinajstić information content (AvgIpc) is 3.20. The molecule has 0 amide bonds. The van der Waals surface area contributed by atoms with E-state index < -0.39 is 0 Å². The summed E-state index contributed by atoms with van der Waals surface area (Å²) >= 11 is 0. The van der Waals surface area contributed by atoms with Crippen LogP contribution in [0.2, 0.25) is 0 Å². The van der Waals surface area contributed by atoms with Gasteiger partial charge in [-0.1, -0.05) is 0 Å². The standard InChI is InChI=1S/C19H21N3O5/c1-23-14-7-5-12(9-16(14)25-3)19-22-21-18(27-19)11-20-13-6-8-15(24-2)17(10-13)26-4/h5-10,20H,11H2,1-4H3. The van der Waals surface area contributed by atoms with E-state index in [2.05, 4.69) is 15.5 Å². The molecule has 0 aliphatic rings. The molecule has 1 N–H and O–H groups in total. The molecule has 0 atom stereocenters. The first-order valence-corrected chi connectivity index (χ1v) is 8.19. The Bertz CT molecular complexity index is 910. The number of anilines is 1. The molecular weight excluding hydrogens is 350 g/mol. The zero-order valence-corrected chi connectivity index (χ0v) is 15.6. The van der Waals surface area contributed by atoms with Crippen LogP contribution in [0.5, 0.6) is 23.0 Å². The molecule has 8 heteroatoms. The summed E-state index contributed by atoms with van der Waals surface area (Å²) in [4.78, 5) is 0. The summed E-state index contributed by atoms with van der Waals surface area (Å²) < 4.78 is 26.8. The maximum absolute atomic E-state index is 5.73. The number of benzene rings is 2. The molecule has 2 aromatic carbocycles. The largest absolute Gasteiger partial charge is 0.493 e. The van der Waals surface area contributed by atoms with E-state index in [1.807, 2.05) is 24.3 Å². The summed E-state index contributed by atoms with van der Waals surface area (Å²) in [6.07, 6.45) is 0. The fraction of sp³-hybridized carbons (Fsp3) is 0.263. The zero-order chi connectivity index (χ0) is 19.2. The predicted molar refractivity (Wildman–Crippen MR) is 99.7 cm³/mol. The van der Waals surface area contributed by atoms with Crippen molar-refractivity contribution in [2.75, 3.05) is 33.8 Å². The number of methoxy groups -OCH3 is 4. The molecule has 3 rings (SSSR count). The second kappa shape index (κ2) is 8.31. The Labute approximate surface area is 157 Å². The average molecular weight is 371 g/mol. The van der Waals surface area contributed by atoms with Gasteiger partial charge in [-0.15, -0.1) is 10.2 Å². The molecule has 8 nitrogen and oxygen atoms in total. The summed E-state index contributed by atoms with van der Waals surface area (Å²) in [6.45, 7) is 0.371. The van der Waals surface area contributed by atoms with Gasteiger partial charge < -0.3 is 28.7 Å². The Kier molecular flexibility index (Phi) is 5.65. The third-order valence-corrected chi connectivity index (χ3v) is 3.92. The normalized spacial score (nSPS) is 10.4. The lowest BCUT2D eigenvalue weighted by molar-refractivity contribution is 0.355. The molecule has 0 fully saturated rings. The Morgan fingerprint density at radius 2 is 1.41 bits per heavy atom. The molecule has 0 saturated carbocycles. The highest BCUT2D eigenvalue weighted by Gasteiger charge is 2.12. The SMILES string of the molecule is COc1ccc(NCc2nnc(-c3ccc(OC)c(OC)c3)o2)cc1OC. The van der Waals surface area contributed by atoms with Crippen molar-refractivity contribution in [2.45, 2.75) is 6.54 Å². The van der Waals surface area contributed by atoms with Crippen LogP contribution in [0.3, 0.4) is 0 Å². The van der Waals surface area contributed by atoms with Gasteiger partial charge >= 0.3 is 0 Å². The van der Waals surface area contributed by atoms with Crippen LogP contribution < -0.4 is 24.3 Å². The van der Waals surface area contributed by atoms with Crippen molar-refractivity contribution < 1.29 is 23.4 Å². The number of ether oxygens (including phenoxy) is 4. The fourth-order valence-electron chi connectivity index (χ4n) is 2.53. The van der Waals surface area contributed by atoms with Crippen molar-refractivity contribution in [2.24, 2.45) is 0 Å². The molecule has 3 aromatic rings. The van der Waals surface area contributed by atoms with Crippen LogP contribution in [-0.2, 0) is 6.54 Å². The smallest absolute Gasteiger partial charge is 0.247 e. The van der Waals surface area contributed by atoms with Crippen molar-refractivity contribution >= 4 is 5.69 Å². The van der Waals surface area contributed by atoms with Crippen molar-refractivity contribution in [3.8, 4) is 34.5 Å². The number of aromatic nitrogens is 2. The molecule has 0 bridgehead atoms. The van der Waals surface area contributed by atoms with E-state index >= 15 is 0 Å². The first kappa shape index (κ1) is 18.4. The van der Waals surface area contributed by atoms with Gasteiger partial charge in [0, 0.05) is 17.3 Å². The van der Waals surface area contributed by atoms with Gasteiger partial charge in [0.1, 0.15) is 0 Å². The van der Waals surface area contributed by atoms with Gasteiger partial charge in [0.25, 0.3) is 0 Å². The zero-order valence-electron chi connectivity index (χ0n) is 15.6. The van der Waals surface area contributed by atoms with Gasteiger partial charge in [0.2, 0.25) is 11.8 Å². The molecule has 0 radical (unpaired) electrons. The molecule has 0 aliphatic carbocycles. The van der Waals surface area contributed by atoms with E-state index in [9.17, 15) is 0 Å². The van der Waals surface area contributed by atoms with Gasteiger partial charge in [0.15, 0.2) is 23.0 Å². The molecule has 0 aliphatic heterocycles. The maximum atomic E-state index is 5.73. The number of nitrogens with zero attached hydrogens (tertiary/aromatic N) is 2.